The third-order valence-electron chi connectivity index (χ3n) is 4.97. The number of carbonyl (C=O) groups excluding carboxylic acids is 1. The van der Waals surface area contributed by atoms with E-state index in [0.717, 1.165) is 22.8 Å². The molecule has 0 saturated heterocycles. The van der Waals surface area contributed by atoms with Gasteiger partial charge in [0.25, 0.3) is 0 Å². The highest BCUT2D eigenvalue weighted by Gasteiger charge is 2.30. The second-order valence-electron chi connectivity index (χ2n) is 8.88. The Labute approximate surface area is 194 Å². The molecule has 0 aliphatic carbocycles. The van der Waals surface area contributed by atoms with Gasteiger partial charge in [-0.05, 0) is 36.1 Å². The zero-order valence-corrected chi connectivity index (χ0v) is 20.0. The summed E-state index contributed by atoms with van der Waals surface area (Å²) in [6.07, 6.45) is 1.38. The first-order chi connectivity index (χ1) is 15.0. The Kier molecular flexibility index (Phi) is 7.63. The van der Waals surface area contributed by atoms with Crippen LogP contribution in [0, 0.1) is 5.41 Å². The summed E-state index contributed by atoms with van der Waals surface area (Å²) in [5.74, 6) is 0.811. The van der Waals surface area contributed by atoms with E-state index < -0.39 is 15.7 Å². The fourth-order valence-electron chi connectivity index (χ4n) is 3.29. The van der Waals surface area contributed by atoms with Crippen molar-refractivity contribution < 1.29 is 17.8 Å². The number of hydrogen-bond acceptors (Lipinski definition) is 5. The van der Waals surface area contributed by atoms with Gasteiger partial charge < -0.3 is 5.32 Å². The van der Waals surface area contributed by atoms with E-state index in [1.54, 1.807) is 36.0 Å². The third-order valence-corrected chi connectivity index (χ3v) is 6.70. The molecule has 3 rings (SSSR count). The van der Waals surface area contributed by atoms with Crippen molar-refractivity contribution in [2.24, 2.45) is 10.4 Å². The number of hydrogen-bond donors (Lipinski definition) is 3. The largest absolute Gasteiger partial charge is 0.357 e. The van der Waals surface area contributed by atoms with E-state index in [0.29, 0.717) is 6.42 Å². The first-order valence-electron chi connectivity index (χ1n) is 10.4. The molecule has 0 bridgehead atoms. The van der Waals surface area contributed by atoms with Crippen molar-refractivity contribution in [3.8, 4) is 0 Å². The Balaban J connectivity index is 1.76. The van der Waals surface area contributed by atoms with Crippen LogP contribution in [-0.4, -0.2) is 41.8 Å². The Bertz CT molecular complexity index is 1060. The van der Waals surface area contributed by atoms with Gasteiger partial charge in [-0.25, -0.2) is 0 Å². The van der Waals surface area contributed by atoms with Gasteiger partial charge in [0.15, 0.2) is 0 Å². The number of anilines is 1. The first-order valence-corrected chi connectivity index (χ1v) is 12.8. The molecule has 1 aliphatic heterocycles. The van der Waals surface area contributed by atoms with Gasteiger partial charge in [0, 0.05) is 11.2 Å². The Hall–Kier alpha value is -2.36. The molecule has 9 heteroatoms. The van der Waals surface area contributed by atoms with Crippen molar-refractivity contribution in [2.75, 3.05) is 10.5 Å². The molecule has 32 heavy (non-hydrogen) atoms. The molecule has 2 aromatic carbocycles. The average molecular weight is 476 g/mol. The zero-order chi connectivity index (χ0) is 23.4. The van der Waals surface area contributed by atoms with Crippen LogP contribution in [0.3, 0.4) is 0 Å². The number of nitrogens with zero attached hydrogens (tertiary/aromatic N) is 1. The molecule has 0 spiro atoms. The molecule has 1 amide bonds. The fraction of sp³-hybridized carbons (Fsp3) is 0.391. The summed E-state index contributed by atoms with van der Waals surface area (Å²) in [6.45, 7) is 5.62. The standard InChI is InChI=1S/C23H29N3O4S2/c1-23(2,3)22(27)25-20(14-17-9-11-18(12-10-17)26-32(28,29)30)21-24-19(15-31-21)13-16-7-5-4-6-8-16/h4-12,19-20,26H,13-15H2,1-3H3,(H,25,27)(H,28,29,30)/t19?,20-/m0/s1. The molecular weight excluding hydrogens is 446 g/mol. The van der Waals surface area contributed by atoms with Gasteiger partial charge in [-0.2, -0.15) is 8.42 Å². The molecule has 1 unspecified atom stereocenters. The van der Waals surface area contributed by atoms with Crippen LogP contribution in [0.2, 0.25) is 0 Å². The maximum atomic E-state index is 12.7. The summed E-state index contributed by atoms with van der Waals surface area (Å²) >= 11 is 1.67. The summed E-state index contributed by atoms with van der Waals surface area (Å²) in [5, 5.41) is 4.05. The van der Waals surface area contributed by atoms with Crippen molar-refractivity contribution in [2.45, 2.75) is 45.7 Å². The predicted molar refractivity (Wildman–Crippen MR) is 131 cm³/mol. The van der Waals surface area contributed by atoms with Gasteiger partial charge in [-0.15, -0.1) is 11.8 Å². The molecule has 2 atom stereocenters. The zero-order valence-electron chi connectivity index (χ0n) is 18.4. The molecule has 172 valence electrons. The van der Waals surface area contributed by atoms with E-state index in [1.165, 1.54) is 5.56 Å². The molecule has 0 radical (unpaired) electrons. The lowest BCUT2D eigenvalue weighted by atomic mass is 9.94. The van der Waals surface area contributed by atoms with Crippen LogP contribution in [0.5, 0.6) is 0 Å². The van der Waals surface area contributed by atoms with Crippen molar-refractivity contribution in [1.82, 2.24) is 5.32 Å². The van der Waals surface area contributed by atoms with Crippen molar-refractivity contribution >= 4 is 38.7 Å². The highest BCUT2D eigenvalue weighted by Crippen LogP contribution is 2.26. The summed E-state index contributed by atoms with van der Waals surface area (Å²) in [6, 6.07) is 16.8. The second kappa shape index (κ2) is 10.1. The van der Waals surface area contributed by atoms with Gasteiger partial charge in [-0.3, -0.25) is 19.1 Å². The Morgan fingerprint density at radius 2 is 1.78 bits per heavy atom. The number of carbonyl (C=O) groups is 1. The molecule has 0 aromatic heterocycles. The number of nitrogens with one attached hydrogen (secondary N) is 2. The highest BCUT2D eigenvalue weighted by atomic mass is 32.2. The van der Waals surface area contributed by atoms with Crippen LogP contribution in [-0.2, 0) is 27.9 Å². The van der Waals surface area contributed by atoms with Crippen LogP contribution in [0.1, 0.15) is 31.9 Å². The van der Waals surface area contributed by atoms with Crippen LogP contribution >= 0.6 is 11.8 Å². The number of thioether (sulfide) groups is 1. The predicted octanol–water partition coefficient (Wildman–Crippen LogP) is 3.73. The van der Waals surface area contributed by atoms with Gasteiger partial charge in [0.1, 0.15) is 0 Å². The van der Waals surface area contributed by atoms with Crippen LogP contribution in [0.4, 0.5) is 5.69 Å². The lowest BCUT2D eigenvalue weighted by Gasteiger charge is -2.24. The van der Waals surface area contributed by atoms with E-state index in [4.69, 9.17) is 9.55 Å². The maximum Gasteiger partial charge on any atom is 0.357 e. The average Bonchev–Trinajstić information content (AvgIpc) is 3.16. The second-order valence-corrected chi connectivity index (χ2v) is 11.1. The van der Waals surface area contributed by atoms with E-state index >= 15 is 0 Å². The summed E-state index contributed by atoms with van der Waals surface area (Å²) in [4.78, 5) is 17.6. The smallest absolute Gasteiger partial charge is 0.346 e. The molecule has 1 aliphatic rings. The monoisotopic (exact) mass is 475 g/mol. The number of rotatable bonds is 8. The van der Waals surface area contributed by atoms with Gasteiger partial charge in [0.05, 0.1) is 22.8 Å². The quantitative estimate of drug-likeness (QED) is 0.504. The van der Waals surface area contributed by atoms with Crippen molar-refractivity contribution in [1.29, 1.82) is 0 Å². The van der Waals surface area contributed by atoms with Crippen LogP contribution in [0.25, 0.3) is 0 Å². The topological polar surface area (TPSA) is 108 Å². The molecule has 2 aromatic rings. The Morgan fingerprint density at radius 3 is 2.38 bits per heavy atom. The van der Waals surface area contributed by atoms with Crippen LogP contribution in [0.15, 0.2) is 59.6 Å². The van der Waals surface area contributed by atoms with Crippen molar-refractivity contribution in [3.63, 3.8) is 0 Å². The summed E-state index contributed by atoms with van der Waals surface area (Å²) in [7, 11) is -4.32. The molecule has 7 nitrogen and oxygen atoms in total. The normalized spacial score (nSPS) is 17.5. The molecule has 0 fully saturated rings. The summed E-state index contributed by atoms with van der Waals surface area (Å²) < 4.78 is 32.9. The van der Waals surface area contributed by atoms with E-state index in [-0.39, 0.29) is 23.7 Å². The SMILES string of the molecule is CC(C)(C)C(=O)N[C@@H](Cc1ccc(NS(=O)(=O)O)cc1)C1=NC(Cc2ccccc2)CS1. The van der Waals surface area contributed by atoms with Crippen LogP contribution < -0.4 is 10.0 Å². The lowest BCUT2D eigenvalue weighted by molar-refractivity contribution is -0.128. The highest BCUT2D eigenvalue weighted by molar-refractivity contribution is 8.14. The molecule has 0 saturated carbocycles. The number of aliphatic imine (C=N–C) groups is 1. The number of amides is 1. The lowest BCUT2D eigenvalue weighted by Crippen LogP contribution is -2.45. The van der Waals surface area contributed by atoms with Gasteiger partial charge in [0.2, 0.25) is 5.91 Å². The van der Waals surface area contributed by atoms with Gasteiger partial charge in [-0.1, -0.05) is 63.2 Å². The van der Waals surface area contributed by atoms with E-state index in [9.17, 15) is 13.2 Å². The first kappa shape index (κ1) is 24.3. The molecule has 3 N–H and O–H groups in total. The minimum atomic E-state index is -4.32. The van der Waals surface area contributed by atoms with E-state index in [1.807, 2.05) is 43.7 Å². The Morgan fingerprint density at radius 1 is 1.12 bits per heavy atom. The maximum absolute atomic E-state index is 12.7. The summed E-state index contributed by atoms with van der Waals surface area (Å²) in [5.41, 5.74) is 1.89. The molecule has 1 heterocycles. The third kappa shape index (κ3) is 7.36. The minimum Gasteiger partial charge on any atom is -0.346 e. The fourth-order valence-corrected chi connectivity index (χ4v) is 4.84. The number of benzene rings is 2. The minimum absolute atomic E-state index is 0.0537. The molecular formula is C23H29N3O4S2. The van der Waals surface area contributed by atoms with E-state index in [2.05, 4.69) is 17.4 Å². The van der Waals surface area contributed by atoms with Gasteiger partial charge >= 0.3 is 10.3 Å². The van der Waals surface area contributed by atoms with Crippen molar-refractivity contribution in [3.05, 3.63) is 65.7 Å².